The Bertz CT molecular complexity index is 4730. The summed E-state index contributed by atoms with van der Waals surface area (Å²) in [6.45, 7) is 30.1. The predicted molar refractivity (Wildman–Crippen MR) is 324 cm³/mol. The van der Waals surface area contributed by atoms with Gasteiger partial charge in [0.15, 0.2) is 51.0 Å². The second-order valence-corrected chi connectivity index (χ2v) is 24.2. The van der Waals surface area contributed by atoms with Gasteiger partial charge in [-0.3, -0.25) is 44.4 Å². The van der Waals surface area contributed by atoms with Gasteiger partial charge in [-0.25, -0.2) is 47.9 Å². The summed E-state index contributed by atoms with van der Waals surface area (Å²) >= 11 is 0. The van der Waals surface area contributed by atoms with Gasteiger partial charge in [-0.2, -0.15) is 63.9 Å². The molecule has 0 bridgehead atoms. The average molecular weight is 1460 g/mol. The van der Waals surface area contributed by atoms with Crippen LogP contribution in [0.4, 0.5) is 22.6 Å². The van der Waals surface area contributed by atoms with Gasteiger partial charge in [-0.05, 0) is 20.8 Å². The molecule has 94 heavy (non-hydrogen) atoms. The molecule has 9 aromatic heterocycles. The molecular weight excluding hydrogens is 1410 g/mol. The zero-order valence-corrected chi connectivity index (χ0v) is 54.5. The molecule has 3 aliphatic rings. The number of nitrogens with one attached hydrogen (secondary N) is 4. The van der Waals surface area contributed by atoms with Crippen molar-refractivity contribution in [2.45, 2.75) is 62.3 Å². The molecule has 0 aliphatic carbocycles. The number of hydrogen-bond donors (Lipinski definition) is 4. The second kappa shape index (κ2) is 27.9. The molecule has 0 radical (unpaired) electrons. The second-order valence-electron chi connectivity index (χ2n) is 22.2. The molecular formula is C55H55N30O7SW-. The number of nitrogens with zero attached hydrogens (tertiary/aromatic N) is 26. The Hall–Kier alpha value is -11.5. The van der Waals surface area contributed by atoms with Crippen molar-refractivity contribution in [3.8, 4) is 52.4 Å². The summed E-state index contributed by atoms with van der Waals surface area (Å²) in [5, 5.41) is 62.4. The van der Waals surface area contributed by atoms with E-state index in [0.29, 0.717) is 78.3 Å². The molecule has 0 atom stereocenters. The van der Waals surface area contributed by atoms with E-state index >= 15 is 0 Å². The molecule has 0 aromatic carbocycles. The fourth-order valence-corrected chi connectivity index (χ4v) is 10.8. The normalized spacial score (nSPS) is 14.8. The minimum atomic E-state index is -3.35. The number of carbonyl (C=O) groups is 4. The van der Waals surface area contributed by atoms with Crippen LogP contribution < -0.4 is 21.3 Å². The first-order chi connectivity index (χ1) is 44.0. The van der Waals surface area contributed by atoms with Gasteiger partial charge in [0.05, 0.1) is 72.8 Å². The third-order valence-corrected chi connectivity index (χ3v) is 15.5. The first-order valence-corrected chi connectivity index (χ1v) is 29.4. The standard InChI is InChI=1S/C21H22N10O3.C17H16N10O3S.C16H14N10O.CH3.W/c1-20(2,3)34-19(33)29-12-21(13-29,11-23-4)30-10-14(9-25-30)17-24-8-6-15-26-18(28-31(15)17)27-16(32)5-7-22;1-19-9-17(10-25(11-17)31(2,29)30)26-8-12(7-21-26)15-20-6-4-13-22-16(24-27(13)15)23-14(28)3-5-18;1-18-8-16(9-19-10-16)25-7-11(6-21-25)14-20-5-3-12-22-15(24-26(12)14)23-13(27)2-4-17;;/h6,8-10H,5,11-13H2,1-3H3,(H,27,28,32);4,6-8H,3,9-11H2,2H3,(H,23,24,28);3,5-7,19H,2,8-10H2,(H,23,24,27);1H3;/q;;;-1;. The number of ether oxygens (including phenoxy) is 1. The number of likely N-dealkylation sites (tertiary alicyclic amines) is 1. The topological polar surface area (TPSA) is 433 Å². The molecule has 480 valence electrons. The Morgan fingerprint density at radius 1 is 0.606 bits per heavy atom. The van der Waals surface area contributed by atoms with Crippen LogP contribution in [0.3, 0.4) is 0 Å². The van der Waals surface area contributed by atoms with Crippen LogP contribution in [0.2, 0.25) is 0 Å². The first kappa shape index (κ1) is 68.4. The van der Waals surface area contributed by atoms with E-state index < -0.39 is 50.5 Å². The van der Waals surface area contributed by atoms with Crippen LogP contribution in [-0.2, 0) is 66.8 Å². The van der Waals surface area contributed by atoms with E-state index in [2.05, 4.69) is 96.3 Å². The van der Waals surface area contributed by atoms with Crippen molar-refractivity contribution in [1.82, 2.24) is 103 Å². The van der Waals surface area contributed by atoms with Crippen molar-refractivity contribution in [3.05, 3.63) is 116 Å². The van der Waals surface area contributed by atoms with Crippen molar-refractivity contribution >= 4 is 68.6 Å². The molecule has 0 saturated carbocycles. The van der Waals surface area contributed by atoms with Crippen molar-refractivity contribution in [2.75, 3.05) is 81.1 Å². The Kier molecular flexibility index (Phi) is 20.3. The number of fused-ring (bicyclic) bond motifs is 3. The van der Waals surface area contributed by atoms with E-state index in [1.54, 1.807) is 120 Å². The molecule has 4 N–H and O–H groups in total. The van der Waals surface area contributed by atoms with Gasteiger partial charge < -0.3 is 36.9 Å². The third-order valence-electron chi connectivity index (χ3n) is 14.3. The largest absolute Gasteiger partial charge is 0.444 e. The summed E-state index contributed by atoms with van der Waals surface area (Å²) in [6, 6.07) is 10.2. The molecule has 39 heteroatoms. The van der Waals surface area contributed by atoms with Crippen LogP contribution in [0.25, 0.3) is 65.6 Å². The number of aromatic nitrogens is 18. The van der Waals surface area contributed by atoms with Crippen LogP contribution in [0.1, 0.15) is 40.0 Å². The van der Waals surface area contributed by atoms with E-state index in [-0.39, 0.29) is 97.3 Å². The number of rotatable bonds is 16. The van der Waals surface area contributed by atoms with E-state index in [0.717, 1.165) is 11.8 Å². The number of anilines is 3. The monoisotopic (exact) mass is 1460 g/mol. The van der Waals surface area contributed by atoms with Crippen molar-refractivity contribution in [3.63, 3.8) is 0 Å². The van der Waals surface area contributed by atoms with Gasteiger partial charge in [0.2, 0.25) is 65.2 Å². The van der Waals surface area contributed by atoms with Crippen molar-refractivity contribution in [1.29, 1.82) is 15.8 Å². The smallest absolute Gasteiger partial charge is 0.410 e. The average Bonchev–Trinajstić information content (AvgIpc) is 0.975. The van der Waals surface area contributed by atoms with Crippen LogP contribution in [0, 0.1) is 61.1 Å². The Morgan fingerprint density at radius 3 is 1.26 bits per heavy atom. The Labute approximate surface area is 549 Å². The third kappa shape index (κ3) is 14.5. The van der Waals surface area contributed by atoms with Gasteiger partial charge in [0.1, 0.15) is 24.9 Å². The fraction of sp³-hybridized carbons (Fsp3) is 0.364. The number of sulfonamides is 1. The SMILES string of the molecule is [C-]#[N+]CC1(n2cc(-c3nccc4nc(NC(=O)CC#N)nn34)cn2)CN(C(=O)OC(C)(C)C)C1.[C-]#[N+]CC1(n2cc(-c3nccc4nc(NC(=O)CC#N)nn34)cn2)CN(S(C)(=O)=O)C1.[C-]#[N+]CC1(n2cc(-c3nccc4nc(NC(=O)CC#N)nn34)cn2)CNC1.[CH3-].[W]. The minimum absolute atomic E-state index is 0. The summed E-state index contributed by atoms with van der Waals surface area (Å²) in [4.78, 5) is 85.1. The van der Waals surface area contributed by atoms with E-state index in [4.69, 9.17) is 40.2 Å². The van der Waals surface area contributed by atoms with Crippen molar-refractivity contribution in [2.24, 2.45) is 0 Å². The van der Waals surface area contributed by atoms with Crippen LogP contribution in [0.5, 0.6) is 0 Å². The van der Waals surface area contributed by atoms with Gasteiger partial charge in [0.25, 0.3) is 0 Å². The molecule has 3 aliphatic heterocycles. The number of amides is 4. The molecule has 0 unspecified atom stereocenters. The van der Waals surface area contributed by atoms with Crippen LogP contribution >= 0.6 is 0 Å². The number of hydrogen-bond acceptors (Lipinski definition) is 23. The number of carbonyl (C=O) groups excluding carboxylic acids is 4. The summed E-state index contributed by atoms with van der Waals surface area (Å²) < 4.78 is 39.7. The molecule has 12 rings (SSSR count). The van der Waals surface area contributed by atoms with Gasteiger partial charge >= 0.3 is 6.09 Å². The van der Waals surface area contributed by atoms with Crippen LogP contribution in [0.15, 0.2) is 74.0 Å². The molecule has 37 nitrogen and oxygen atoms in total. The molecule has 4 amide bonds. The molecule has 12 heterocycles. The van der Waals surface area contributed by atoms with Gasteiger partial charge in [0, 0.05) is 103 Å². The Balaban J connectivity index is 0.000000180. The zero-order chi connectivity index (χ0) is 65.6. The fourth-order valence-electron chi connectivity index (χ4n) is 9.82. The molecule has 9 aromatic rings. The van der Waals surface area contributed by atoms with Gasteiger partial charge in [-0.15, -0.1) is 15.3 Å². The van der Waals surface area contributed by atoms with E-state index in [1.165, 1.54) is 24.0 Å². The number of nitriles is 3. The van der Waals surface area contributed by atoms with Crippen LogP contribution in [-0.4, -0.2) is 200 Å². The quantitative estimate of drug-likeness (QED) is 0.100. The maximum atomic E-state index is 12.4. The Morgan fingerprint density at radius 2 is 0.947 bits per heavy atom. The van der Waals surface area contributed by atoms with Gasteiger partial charge in [-0.1, -0.05) is 0 Å². The predicted octanol–water partition coefficient (Wildman–Crippen LogP) is 1.94. The molecule has 3 saturated heterocycles. The summed E-state index contributed by atoms with van der Waals surface area (Å²) in [6.07, 6.45) is 14.6. The molecule has 3 fully saturated rings. The van der Waals surface area contributed by atoms with E-state index in [9.17, 15) is 27.6 Å². The maximum Gasteiger partial charge on any atom is 0.410 e. The first-order valence-electron chi connectivity index (χ1n) is 27.5. The molecule has 0 spiro atoms. The summed E-state index contributed by atoms with van der Waals surface area (Å²) in [5.74, 6) is 0.0137. The summed E-state index contributed by atoms with van der Waals surface area (Å²) in [7, 11) is -3.35. The zero-order valence-electron chi connectivity index (χ0n) is 50.7. The van der Waals surface area contributed by atoms with E-state index in [1.807, 2.05) is 6.20 Å². The maximum absolute atomic E-state index is 12.4. The minimum Gasteiger partial charge on any atom is -0.444 e. The van der Waals surface area contributed by atoms with Crippen molar-refractivity contribution < 1.29 is 53.4 Å². The summed E-state index contributed by atoms with van der Waals surface area (Å²) in [5.41, 5.74) is 0.902.